The van der Waals surface area contributed by atoms with Crippen LogP contribution in [0.25, 0.3) is 0 Å². The molecular formula is C18H18FNO4S. The Bertz CT molecular complexity index is 857. The molecule has 1 amide bonds. The average molecular weight is 363 g/mol. The van der Waals surface area contributed by atoms with Crippen molar-refractivity contribution in [2.75, 3.05) is 19.7 Å². The molecule has 2 aromatic carbocycles. The minimum absolute atomic E-state index is 0.0760. The first-order valence-corrected chi connectivity index (χ1v) is 9.48. The molecule has 1 aliphatic heterocycles. The minimum Gasteiger partial charge on any atom is -0.494 e. The summed E-state index contributed by atoms with van der Waals surface area (Å²) in [6.45, 7) is 2.68. The van der Waals surface area contributed by atoms with Gasteiger partial charge in [-0.15, -0.1) is 0 Å². The predicted molar refractivity (Wildman–Crippen MR) is 90.9 cm³/mol. The lowest BCUT2D eigenvalue weighted by molar-refractivity contribution is 0.0659. The quantitative estimate of drug-likeness (QED) is 0.766. The molecule has 0 atom stereocenters. The van der Waals surface area contributed by atoms with E-state index >= 15 is 0 Å². The maximum Gasteiger partial charge on any atom is 0.253 e. The van der Waals surface area contributed by atoms with E-state index in [0.717, 1.165) is 12.1 Å². The maximum absolute atomic E-state index is 12.9. The summed E-state index contributed by atoms with van der Waals surface area (Å²) in [5, 5.41) is -0.662. The Balaban J connectivity index is 1.65. The predicted octanol–water partition coefficient (Wildman–Crippen LogP) is 2.52. The van der Waals surface area contributed by atoms with Gasteiger partial charge in [-0.25, -0.2) is 12.8 Å². The van der Waals surface area contributed by atoms with Gasteiger partial charge in [0.2, 0.25) is 0 Å². The van der Waals surface area contributed by atoms with Crippen molar-refractivity contribution in [1.82, 2.24) is 4.90 Å². The van der Waals surface area contributed by atoms with E-state index < -0.39 is 20.9 Å². The van der Waals surface area contributed by atoms with Crippen LogP contribution < -0.4 is 4.74 Å². The van der Waals surface area contributed by atoms with E-state index in [9.17, 15) is 17.6 Å². The zero-order chi connectivity index (χ0) is 18.0. The van der Waals surface area contributed by atoms with Gasteiger partial charge in [0.05, 0.1) is 11.5 Å². The first kappa shape index (κ1) is 17.4. The molecule has 0 radical (unpaired) electrons. The maximum atomic E-state index is 12.9. The fourth-order valence-corrected chi connectivity index (χ4v) is 4.31. The van der Waals surface area contributed by atoms with E-state index in [2.05, 4.69) is 0 Å². The summed E-state index contributed by atoms with van der Waals surface area (Å²) in [5.41, 5.74) is 0.487. The van der Waals surface area contributed by atoms with Crippen molar-refractivity contribution < 1.29 is 22.3 Å². The van der Waals surface area contributed by atoms with Crippen LogP contribution in [-0.4, -0.2) is 44.2 Å². The highest BCUT2D eigenvalue weighted by Crippen LogP contribution is 2.25. The Morgan fingerprint density at radius 2 is 1.72 bits per heavy atom. The number of likely N-dealkylation sites (tertiary alicyclic amines) is 1. The second-order valence-corrected chi connectivity index (χ2v) is 8.02. The number of hydrogen-bond acceptors (Lipinski definition) is 4. The summed E-state index contributed by atoms with van der Waals surface area (Å²) in [4.78, 5) is 14.0. The topological polar surface area (TPSA) is 63.7 Å². The standard InChI is InChI=1S/C18H18FNO4S/c1-2-24-15-7-3-13(4-8-15)18(21)20-11-17(12-20)25(22,23)16-9-5-14(19)6-10-16/h3-10,17H,2,11-12H2,1H3. The summed E-state index contributed by atoms with van der Waals surface area (Å²) in [6, 6.07) is 11.5. The number of halogens is 1. The number of sulfone groups is 1. The Morgan fingerprint density at radius 1 is 1.12 bits per heavy atom. The smallest absolute Gasteiger partial charge is 0.253 e. The van der Waals surface area contributed by atoms with Crippen LogP contribution in [0.15, 0.2) is 53.4 Å². The number of amides is 1. The van der Waals surface area contributed by atoms with Crippen molar-refractivity contribution in [3.8, 4) is 5.75 Å². The van der Waals surface area contributed by atoms with Crippen molar-refractivity contribution in [2.45, 2.75) is 17.1 Å². The summed E-state index contributed by atoms with van der Waals surface area (Å²) in [5.74, 6) is -0.0205. The monoisotopic (exact) mass is 363 g/mol. The number of carbonyl (C=O) groups is 1. The van der Waals surface area contributed by atoms with Crippen LogP contribution in [0.3, 0.4) is 0 Å². The molecule has 0 bridgehead atoms. The van der Waals surface area contributed by atoms with E-state index in [0.29, 0.717) is 17.9 Å². The van der Waals surface area contributed by atoms with E-state index in [-0.39, 0.29) is 23.9 Å². The van der Waals surface area contributed by atoms with E-state index in [1.165, 1.54) is 17.0 Å². The summed E-state index contributed by atoms with van der Waals surface area (Å²) in [7, 11) is -3.56. The Hall–Kier alpha value is -2.41. The third kappa shape index (κ3) is 3.51. The number of nitrogens with zero attached hydrogens (tertiary/aromatic N) is 1. The fourth-order valence-electron chi connectivity index (χ4n) is 2.66. The molecular weight excluding hydrogens is 345 g/mol. The van der Waals surface area contributed by atoms with Crippen molar-refractivity contribution >= 4 is 15.7 Å². The highest BCUT2D eigenvalue weighted by atomic mass is 32.2. The molecule has 1 aliphatic rings. The summed E-state index contributed by atoms with van der Waals surface area (Å²) < 4.78 is 43.2. The third-order valence-electron chi connectivity index (χ3n) is 4.13. The minimum atomic E-state index is -3.56. The van der Waals surface area contributed by atoms with Gasteiger partial charge in [0, 0.05) is 18.7 Å². The molecule has 0 aliphatic carbocycles. The van der Waals surface area contributed by atoms with Gasteiger partial charge < -0.3 is 9.64 Å². The van der Waals surface area contributed by atoms with Gasteiger partial charge in [0.1, 0.15) is 16.8 Å². The van der Waals surface area contributed by atoms with E-state index in [1.807, 2.05) is 6.92 Å². The van der Waals surface area contributed by atoms with Gasteiger partial charge in [-0.3, -0.25) is 4.79 Å². The van der Waals surface area contributed by atoms with Gasteiger partial charge in [-0.2, -0.15) is 0 Å². The van der Waals surface area contributed by atoms with Crippen molar-refractivity contribution in [1.29, 1.82) is 0 Å². The fraction of sp³-hybridized carbons (Fsp3) is 0.278. The van der Waals surface area contributed by atoms with Crippen LogP contribution in [0.1, 0.15) is 17.3 Å². The lowest BCUT2D eigenvalue weighted by atomic mass is 10.1. The summed E-state index contributed by atoms with van der Waals surface area (Å²) in [6.07, 6.45) is 0. The van der Waals surface area contributed by atoms with Crippen molar-refractivity contribution in [3.05, 3.63) is 59.9 Å². The molecule has 132 valence electrons. The Morgan fingerprint density at radius 3 is 2.28 bits per heavy atom. The number of carbonyl (C=O) groups excluding carboxylic acids is 1. The molecule has 0 N–H and O–H groups in total. The molecule has 0 unspecified atom stereocenters. The first-order valence-electron chi connectivity index (χ1n) is 7.93. The molecule has 0 spiro atoms. The molecule has 0 saturated carbocycles. The second-order valence-electron chi connectivity index (χ2n) is 5.79. The molecule has 1 heterocycles. The average Bonchev–Trinajstić information content (AvgIpc) is 2.54. The number of hydrogen-bond donors (Lipinski definition) is 0. The van der Waals surface area contributed by atoms with Gasteiger partial charge in [-0.05, 0) is 55.5 Å². The molecule has 3 rings (SSSR count). The van der Waals surface area contributed by atoms with Gasteiger partial charge >= 0.3 is 0 Å². The summed E-state index contributed by atoms with van der Waals surface area (Å²) >= 11 is 0. The lowest BCUT2D eigenvalue weighted by Gasteiger charge is -2.38. The molecule has 2 aromatic rings. The lowest BCUT2D eigenvalue weighted by Crippen LogP contribution is -2.56. The zero-order valence-electron chi connectivity index (χ0n) is 13.7. The first-order chi connectivity index (χ1) is 11.9. The zero-order valence-corrected chi connectivity index (χ0v) is 14.5. The normalized spacial score (nSPS) is 14.9. The molecule has 5 nitrogen and oxygen atoms in total. The molecule has 7 heteroatoms. The Kier molecular flexibility index (Phi) is 4.76. The van der Waals surface area contributed by atoms with Gasteiger partial charge in [-0.1, -0.05) is 0 Å². The van der Waals surface area contributed by atoms with Crippen LogP contribution in [0, 0.1) is 5.82 Å². The van der Waals surface area contributed by atoms with Crippen molar-refractivity contribution in [3.63, 3.8) is 0 Å². The molecule has 0 aromatic heterocycles. The number of rotatable bonds is 5. The van der Waals surface area contributed by atoms with Crippen molar-refractivity contribution in [2.24, 2.45) is 0 Å². The number of benzene rings is 2. The highest BCUT2D eigenvalue weighted by Gasteiger charge is 2.40. The molecule has 1 fully saturated rings. The molecule has 25 heavy (non-hydrogen) atoms. The SMILES string of the molecule is CCOc1ccc(C(=O)N2CC(S(=O)(=O)c3ccc(F)cc3)C2)cc1. The van der Waals surface area contributed by atoms with Crippen LogP contribution >= 0.6 is 0 Å². The van der Waals surface area contributed by atoms with Crippen LogP contribution in [0.2, 0.25) is 0 Å². The van der Waals surface area contributed by atoms with E-state index in [4.69, 9.17) is 4.74 Å². The third-order valence-corrected chi connectivity index (χ3v) is 6.23. The van der Waals surface area contributed by atoms with Gasteiger partial charge in [0.25, 0.3) is 5.91 Å². The van der Waals surface area contributed by atoms with Gasteiger partial charge in [0.15, 0.2) is 9.84 Å². The second kappa shape index (κ2) is 6.84. The molecule has 1 saturated heterocycles. The largest absolute Gasteiger partial charge is 0.494 e. The number of ether oxygens (including phenoxy) is 1. The van der Waals surface area contributed by atoms with Crippen LogP contribution in [0.4, 0.5) is 4.39 Å². The van der Waals surface area contributed by atoms with Crippen LogP contribution in [-0.2, 0) is 9.84 Å². The van der Waals surface area contributed by atoms with E-state index in [1.54, 1.807) is 24.3 Å². The highest BCUT2D eigenvalue weighted by molar-refractivity contribution is 7.92. The van der Waals surface area contributed by atoms with Crippen LogP contribution in [0.5, 0.6) is 5.75 Å². The Labute approximate surface area is 145 Å².